The summed E-state index contributed by atoms with van der Waals surface area (Å²) in [5.74, 6) is -0.773. The van der Waals surface area contributed by atoms with Crippen molar-refractivity contribution in [1.82, 2.24) is 19.7 Å². The molecule has 1 N–H and O–H groups in total. The molecule has 2 aromatic carbocycles. The van der Waals surface area contributed by atoms with Crippen molar-refractivity contribution in [3.05, 3.63) is 72.3 Å². The Balaban J connectivity index is 1.91. The molecule has 0 aliphatic rings. The Bertz CT molecular complexity index is 963. The molecule has 0 bridgehead atoms. The molecule has 136 valence electrons. The lowest BCUT2D eigenvalue weighted by molar-refractivity contribution is 0.385. The van der Waals surface area contributed by atoms with E-state index in [-0.39, 0.29) is 17.2 Å². The number of rotatable bonds is 7. The van der Waals surface area contributed by atoms with Crippen molar-refractivity contribution in [2.45, 2.75) is 17.5 Å². The fraction of sp³-hybridized carbons (Fsp3) is 0.176. The number of methoxy groups -OCH3 is 1. The number of nitrogens with one attached hydrogen (secondary N) is 1. The Kier molecular flexibility index (Phi) is 5.29. The van der Waals surface area contributed by atoms with Crippen LogP contribution in [0.5, 0.6) is 5.75 Å². The highest BCUT2D eigenvalue weighted by Crippen LogP contribution is 2.23. The smallest absolute Gasteiger partial charge is 0.241 e. The maximum atomic E-state index is 13.9. The van der Waals surface area contributed by atoms with Crippen molar-refractivity contribution in [2.75, 3.05) is 7.11 Å². The van der Waals surface area contributed by atoms with E-state index in [4.69, 9.17) is 4.74 Å². The van der Waals surface area contributed by atoms with Crippen molar-refractivity contribution in [1.29, 1.82) is 0 Å². The van der Waals surface area contributed by atoms with E-state index in [9.17, 15) is 12.8 Å². The lowest BCUT2D eigenvalue weighted by atomic mass is 10.1. The van der Waals surface area contributed by atoms with Gasteiger partial charge in [-0.2, -0.15) is 15.0 Å². The molecule has 0 saturated carbocycles. The molecule has 0 radical (unpaired) electrons. The lowest BCUT2D eigenvalue weighted by Gasteiger charge is -2.19. The maximum Gasteiger partial charge on any atom is 0.241 e. The molecular weight excluding hydrogens is 359 g/mol. The maximum absolute atomic E-state index is 13.9. The molecule has 0 fully saturated rings. The van der Waals surface area contributed by atoms with Gasteiger partial charge in [-0.05, 0) is 23.8 Å². The molecule has 3 aromatic rings. The summed E-state index contributed by atoms with van der Waals surface area (Å²) in [6.07, 6.45) is 3.02. The molecule has 1 atom stereocenters. The quantitative estimate of drug-likeness (QED) is 0.683. The van der Waals surface area contributed by atoms with E-state index in [2.05, 4.69) is 14.9 Å². The number of ether oxygens (including phenoxy) is 1. The van der Waals surface area contributed by atoms with Crippen molar-refractivity contribution >= 4 is 10.0 Å². The van der Waals surface area contributed by atoms with Gasteiger partial charge >= 0.3 is 0 Å². The molecule has 3 rings (SSSR count). The third-order valence-corrected chi connectivity index (χ3v) is 5.21. The summed E-state index contributed by atoms with van der Waals surface area (Å²) in [6, 6.07) is 11.9. The third kappa shape index (κ3) is 4.06. The zero-order valence-electron chi connectivity index (χ0n) is 13.9. The highest BCUT2D eigenvalue weighted by molar-refractivity contribution is 7.89. The lowest BCUT2D eigenvalue weighted by Crippen LogP contribution is -2.32. The van der Waals surface area contributed by atoms with Gasteiger partial charge in [0.15, 0.2) is 11.6 Å². The minimum Gasteiger partial charge on any atom is -0.494 e. The van der Waals surface area contributed by atoms with Crippen molar-refractivity contribution in [3.63, 3.8) is 0 Å². The van der Waals surface area contributed by atoms with Crippen LogP contribution in [0.4, 0.5) is 4.39 Å². The average Bonchev–Trinajstić information content (AvgIpc) is 3.15. The van der Waals surface area contributed by atoms with Gasteiger partial charge in [-0.25, -0.2) is 17.5 Å². The summed E-state index contributed by atoms with van der Waals surface area (Å²) in [4.78, 5) is 1.19. The summed E-state index contributed by atoms with van der Waals surface area (Å²) in [5.41, 5.74) is 0.738. The van der Waals surface area contributed by atoms with E-state index < -0.39 is 21.9 Å². The number of nitrogens with zero attached hydrogens (tertiary/aromatic N) is 3. The number of hydrogen-bond donors (Lipinski definition) is 1. The zero-order valence-corrected chi connectivity index (χ0v) is 14.7. The Morgan fingerprint density at radius 3 is 2.46 bits per heavy atom. The van der Waals surface area contributed by atoms with Crippen LogP contribution in [0.15, 0.2) is 65.8 Å². The van der Waals surface area contributed by atoms with Crippen LogP contribution in [0.25, 0.3) is 0 Å². The SMILES string of the molecule is COc1ccc(S(=O)(=O)NC(Cn2nccn2)c2ccccc2)cc1F. The van der Waals surface area contributed by atoms with Crippen LogP contribution in [-0.4, -0.2) is 30.5 Å². The highest BCUT2D eigenvalue weighted by Gasteiger charge is 2.23. The summed E-state index contributed by atoms with van der Waals surface area (Å²) >= 11 is 0. The van der Waals surface area contributed by atoms with Gasteiger partial charge in [0.25, 0.3) is 0 Å². The van der Waals surface area contributed by atoms with Gasteiger partial charge in [0.2, 0.25) is 10.0 Å². The topological polar surface area (TPSA) is 86.1 Å². The Morgan fingerprint density at radius 1 is 1.15 bits per heavy atom. The average molecular weight is 376 g/mol. The predicted octanol–water partition coefficient (Wildman–Crippen LogP) is 2.15. The zero-order chi connectivity index (χ0) is 18.6. The monoisotopic (exact) mass is 376 g/mol. The summed E-state index contributed by atoms with van der Waals surface area (Å²) < 4.78 is 46.8. The fourth-order valence-corrected chi connectivity index (χ4v) is 3.69. The van der Waals surface area contributed by atoms with Gasteiger partial charge in [0.05, 0.1) is 37.0 Å². The number of aromatic nitrogens is 3. The molecule has 7 nitrogen and oxygen atoms in total. The van der Waals surface area contributed by atoms with Crippen LogP contribution in [0.3, 0.4) is 0 Å². The molecule has 9 heteroatoms. The van der Waals surface area contributed by atoms with E-state index in [0.29, 0.717) is 0 Å². The van der Waals surface area contributed by atoms with Crippen molar-refractivity contribution < 1.29 is 17.5 Å². The predicted molar refractivity (Wildman–Crippen MR) is 92.5 cm³/mol. The molecule has 1 unspecified atom stereocenters. The van der Waals surface area contributed by atoms with E-state index in [1.54, 1.807) is 24.3 Å². The molecule has 26 heavy (non-hydrogen) atoms. The first-order valence-electron chi connectivity index (χ1n) is 7.74. The summed E-state index contributed by atoms with van der Waals surface area (Å²) in [5, 5.41) is 8.03. The number of hydrogen-bond acceptors (Lipinski definition) is 5. The molecule has 0 saturated heterocycles. The second-order valence-electron chi connectivity index (χ2n) is 5.46. The number of sulfonamides is 1. The Labute approximate surface area is 150 Å². The van der Waals surface area contributed by atoms with Crippen molar-refractivity contribution in [2.24, 2.45) is 0 Å². The van der Waals surface area contributed by atoms with Crippen LogP contribution in [-0.2, 0) is 16.6 Å². The van der Waals surface area contributed by atoms with Gasteiger partial charge in [-0.3, -0.25) is 0 Å². The largest absolute Gasteiger partial charge is 0.494 e. The first-order chi connectivity index (χ1) is 12.5. The minimum atomic E-state index is -3.97. The van der Waals surface area contributed by atoms with Crippen LogP contribution in [0.2, 0.25) is 0 Å². The second kappa shape index (κ2) is 7.63. The van der Waals surface area contributed by atoms with Gasteiger partial charge < -0.3 is 4.74 Å². The highest BCUT2D eigenvalue weighted by atomic mass is 32.2. The summed E-state index contributed by atoms with van der Waals surface area (Å²) in [7, 11) is -2.66. The van der Waals surface area contributed by atoms with Crippen LogP contribution in [0.1, 0.15) is 11.6 Å². The first-order valence-corrected chi connectivity index (χ1v) is 9.23. The van der Waals surface area contributed by atoms with Crippen molar-refractivity contribution in [3.8, 4) is 5.75 Å². The molecular formula is C17H17FN4O3S. The van der Waals surface area contributed by atoms with Crippen LogP contribution in [0, 0.1) is 5.82 Å². The Hall–Kier alpha value is -2.78. The molecule has 0 amide bonds. The van der Waals surface area contributed by atoms with Gasteiger partial charge in [-0.1, -0.05) is 30.3 Å². The molecule has 1 aromatic heterocycles. The molecule has 0 aliphatic carbocycles. The fourth-order valence-electron chi connectivity index (χ4n) is 2.47. The van der Waals surface area contributed by atoms with Gasteiger partial charge in [0, 0.05) is 0 Å². The minimum absolute atomic E-state index is 0.0238. The molecule has 0 spiro atoms. The second-order valence-corrected chi connectivity index (χ2v) is 7.18. The molecule has 0 aliphatic heterocycles. The molecule has 1 heterocycles. The van der Waals surface area contributed by atoms with E-state index in [0.717, 1.165) is 11.6 Å². The van der Waals surface area contributed by atoms with Crippen LogP contribution < -0.4 is 9.46 Å². The standard InChI is InChI=1S/C17H17FN4O3S/c1-25-17-8-7-14(11-15(17)18)26(23,24)21-16(12-22-19-9-10-20-22)13-5-3-2-4-6-13/h2-11,16,21H,12H2,1H3. The van der Waals surface area contributed by atoms with Crippen LogP contribution >= 0.6 is 0 Å². The number of benzene rings is 2. The van der Waals surface area contributed by atoms with E-state index >= 15 is 0 Å². The van der Waals surface area contributed by atoms with E-state index in [1.807, 2.05) is 6.07 Å². The number of halogens is 1. The van der Waals surface area contributed by atoms with Gasteiger partial charge in [0.1, 0.15) is 0 Å². The normalized spacial score (nSPS) is 12.7. The van der Waals surface area contributed by atoms with E-state index in [1.165, 1.54) is 36.4 Å². The first kappa shape index (κ1) is 18.0. The van der Waals surface area contributed by atoms with Gasteiger partial charge in [-0.15, -0.1) is 0 Å². The Morgan fingerprint density at radius 2 is 1.85 bits per heavy atom. The third-order valence-electron chi connectivity index (χ3n) is 3.75. The summed E-state index contributed by atoms with van der Waals surface area (Å²) in [6.45, 7) is 0.189.